The van der Waals surface area contributed by atoms with Gasteiger partial charge in [-0.25, -0.2) is 5.84 Å². The number of nitrogen functional groups attached to an aromatic ring is 1. The first-order chi connectivity index (χ1) is 9.49. The normalized spacial score (nSPS) is 10.2. The van der Waals surface area contributed by atoms with Crippen molar-refractivity contribution in [2.24, 2.45) is 5.84 Å². The summed E-state index contributed by atoms with van der Waals surface area (Å²) in [4.78, 5) is 14.3. The molecule has 0 saturated heterocycles. The zero-order valence-electron chi connectivity index (χ0n) is 10.5. The summed E-state index contributed by atoms with van der Waals surface area (Å²) >= 11 is 3.36. The number of nitro groups is 1. The topological polar surface area (TPSA) is 103 Å². The molecule has 20 heavy (non-hydrogen) atoms. The van der Waals surface area contributed by atoms with Crippen LogP contribution in [-0.4, -0.2) is 9.91 Å². The molecule has 0 amide bonds. The lowest BCUT2D eigenvalue weighted by atomic mass is 10.2. The number of ether oxygens (including phenoxy) is 1. The minimum absolute atomic E-state index is 0.0803. The van der Waals surface area contributed by atoms with Crippen LogP contribution in [0.25, 0.3) is 0 Å². The standard InChI is InChI=1S/C12H11BrN4O3/c1-7-2-3-10(9(13)4-7)20-12-6-8(17(18)19)5-11(15-12)16-14/h2-6H,14H2,1H3,(H,15,16). The number of pyridine rings is 1. The Labute approximate surface area is 123 Å². The van der Waals surface area contributed by atoms with E-state index in [4.69, 9.17) is 10.6 Å². The molecule has 0 aliphatic heterocycles. The van der Waals surface area contributed by atoms with E-state index in [0.717, 1.165) is 10.0 Å². The van der Waals surface area contributed by atoms with Gasteiger partial charge in [-0.3, -0.25) is 10.1 Å². The maximum Gasteiger partial charge on any atom is 0.278 e. The maximum atomic E-state index is 10.8. The van der Waals surface area contributed by atoms with Crippen LogP contribution in [0.2, 0.25) is 0 Å². The number of aryl methyl sites for hydroxylation is 1. The molecule has 0 unspecified atom stereocenters. The molecule has 0 radical (unpaired) electrons. The number of aromatic nitrogens is 1. The predicted molar refractivity (Wildman–Crippen MR) is 77.7 cm³/mol. The van der Waals surface area contributed by atoms with Gasteiger partial charge in [-0.15, -0.1) is 0 Å². The summed E-state index contributed by atoms with van der Waals surface area (Å²) in [5.41, 5.74) is 3.16. The highest BCUT2D eigenvalue weighted by molar-refractivity contribution is 9.10. The molecule has 2 aromatic rings. The van der Waals surface area contributed by atoms with Crippen LogP contribution < -0.4 is 16.0 Å². The number of hydrazine groups is 1. The number of nitrogens with one attached hydrogen (secondary N) is 1. The molecule has 8 heteroatoms. The monoisotopic (exact) mass is 338 g/mol. The van der Waals surface area contributed by atoms with Crippen LogP contribution in [0, 0.1) is 17.0 Å². The number of anilines is 1. The van der Waals surface area contributed by atoms with E-state index in [9.17, 15) is 10.1 Å². The number of rotatable bonds is 4. The lowest BCUT2D eigenvalue weighted by Crippen LogP contribution is -2.09. The van der Waals surface area contributed by atoms with Crippen molar-refractivity contribution >= 4 is 27.4 Å². The third-order valence-corrected chi connectivity index (χ3v) is 3.07. The summed E-state index contributed by atoms with van der Waals surface area (Å²) in [6, 6.07) is 7.92. The largest absolute Gasteiger partial charge is 0.438 e. The van der Waals surface area contributed by atoms with Gasteiger partial charge in [-0.05, 0) is 40.5 Å². The highest BCUT2D eigenvalue weighted by atomic mass is 79.9. The molecule has 1 heterocycles. The Balaban J connectivity index is 2.37. The quantitative estimate of drug-likeness (QED) is 0.504. The third-order valence-electron chi connectivity index (χ3n) is 2.45. The van der Waals surface area contributed by atoms with Gasteiger partial charge >= 0.3 is 0 Å². The molecule has 0 fully saturated rings. The summed E-state index contributed by atoms with van der Waals surface area (Å²) in [6.45, 7) is 1.94. The Bertz CT molecular complexity index is 663. The molecular weight excluding hydrogens is 328 g/mol. The molecule has 1 aromatic heterocycles. The molecule has 0 saturated carbocycles. The predicted octanol–water partition coefficient (Wildman–Crippen LogP) is 3.14. The van der Waals surface area contributed by atoms with Gasteiger partial charge in [0.05, 0.1) is 21.5 Å². The summed E-state index contributed by atoms with van der Waals surface area (Å²) in [6.07, 6.45) is 0. The van der Waals surface area contributed by atoms with Crippen molar-refractivity contribution < 1.29 is 9.66 Å². The number of hydrogen-bond acceptors (Lipinski definition) is 6. The summed E-state index contributed by atoms with van der Waals surface area (Å²) in [5.74, 6) is 5.97. The van der Waals surface area contributed by atoms with Crippen molar-refractivity contribution in [3.63, 3.8) is 0 Å². The highest BCUT2D eigenvalue weighted by Crippen LogP contribution is 2.31. The number of nitrogens with two attached hydrogens (primary N) is 1. The smallest absolute Gasteiger partial charge is 0.278 e. The van der Waals surface area contributed by atoms with E-state index < -0.39 is 4.92 Å². The average Bonchev–Trinajstić information content (AvgIpc) is 2.41. The molecule has 1 aromatic carbocycles. The fraction of sp³-hybridized carbons (Fsp3) is 0.0833. The Kier molecular flexibility index (Phi) is 4.16. The van der Waals surface area contributed by atoms with Crippen LogP contribution in [0.4, 0.5) is 11.5 Å². The second-order valence-electron chi connectivity index (χ2n) is 3.99. The van der Waals surface area contributed by atoms with Gasteiger partial charge in [0.25, 0.3) is 5.69 Å². The Hall–Kier alpha value is -2.19. The average molecular weight is 339 g/mol. The van der Waals surface area contributed by atoms with Crippen LogP contribution in [0.5, 0.6) is 11.6 Å². The van der Waals surface area contributed by atoms with Crippen LogP contribution in [0.15, 0.2) is 34.8 Å². The van der Waals surface area contributed by atoms with E-state index in [0.29, 0.717) is 5.75 Å². The van der Waals surface area contributed by atoms with Crippen molar-refractivity contribution in [3.8, 4) is 11.6 Å². The van der Waals surface area contributed by atoms with E-state index in [1.807, 2.05) is 19.1 Å². The summed E-state index contributed by atoms with van der Waals surface area (Å²) in [7, 11) is 0. The highest BCUT2D eigenvalue weighted by Gasteiger charge is 2.13. The van der Waals surface area contributed by atoms with Gasteiger partial charge in [-0.1, -0.05) is 6.07 Å². The van der Waals surface area contributed by atoms with Gasteiger partial charge in [0.2, 0.25) is 5.88 Å². The van der Waals surface area contributed by atoms with Gasteiger partial charge in [0.15, 0.2) is 5.82 Å². The van der Waals surface area contributed by atoms with Crippen molar-refractivity contribution in [1.82, 2.24) is 4.98 Å². The van der Waals surface area contributed by atoms with Gasteiger partial charge in [0.1, 0.15) is 5.75 Å². The van der Waals surface area contributed by atoms with Crippen molar-refractivity contribution in [1.29, 1.82) is 0 Å². The minimum Gasteiger partial charge on any atom is -0.438 e. The first kappa shape index (κ1) is 14.2. The Morgan fingerprint density at radius 1 is 1.40 bits per heavy atom. The lowest BCUT2D eigenvalue weighted by molar-refractivity contribution is -0.384. The van der Waals surface area contributed by atoms with Crippen molar-refractivity contribution in [2.75, 3.05) is 5.43 Å². The fourth-order valence-corrected chi connectivity index (χ4v) is 2.10. The fourth-order valence-electron chi connectivity index (χ4n) is 1.52. The third kappa shape index (κ3) is 3.22. The zero-order chi connectivity index (χ0) is 14.7. The van der Waals surface area contributed by atoms with Gasteiger partial charge in [-0.2, -0.15) is 4.98 Å². The SMILES string of the molecule is Cc1ccc(Oc2cc([N+](=O)[O-])cc(NN)n2)c(Br)c1. The van der Waals surface area contributed by atoms with Crippen LogP contribution in [0.1, 0.15) is 5.56 Å². The zero-order valence-corrected chi connectivity index (χ0v) is 12.0. The van der Waals surface area contributed by atoms with Crippen molar-refractivity contribution in [2.45, 2.75) is 6.92 Å². The molecule has 2 rings (SSSR count). The van der Waals surface area contributed by atoms with E-state index >= 15 is 0 Å². The number of hydrogen-bond donors (Lipinski definition) is 2. The van der Waals surface area contributed by atoms with E-state index in [2.05, 4.69) is 26.3 Å². The number of nitrogens with zero attached hydrogens (tertiary/aromatic N) is 2. The summed E-state index contributed by atoms with van der Waals surface area (Å²) < 4.78 is 6.27. The molecule has 0 atom stereocenters. The molecule has 7 nitrogen and oxygen atoms in total. The molecular formula is C12H11BrN4O3. The summed E-state index contributed by atoms with van der Waals surface area (Å²) in [5, 5.41) is 10.8. The molecule has 3 N–H and O–H groups in total. The van der Waals surface area contributed by atoms with E-state index in [1.165, 1.54) is 12.1 Å². The molecule has 0 spiro atoms. The van der Waals surface area contributed by atoms with Crippen LogP contribution >= 0.6 is 15.9 Å². The lowest BCUT2D eigenvalue weighted by Gasteiger charge is -2.08. The number of halogens is 1. The molecule has 0 bridgehead atoms. The first-order valence-electron chi connectivity index (χ1n) is 5.56. The van der Waals surface area contributed by atoms with Gasteiger partial charge < -0.3 is 10.2 Å². The maximum absolute atomic E-state index is 10.8. The first-order valence-corrected chi connectivity index (χ1v) is 6.36. The van der Waals surface area contributed by atoms with Crippen LogP contribution in [-0.2, 0) is 0 Å². The molecule has 0 aliphatic carbocycles. The molecule has 104 valence electrons. The van der Waals surface area contributed by atoms with Crippen molar-refractivity contribution in [3.05, 3.63) is 50.5 Å². The van der Waals surface area contributed by atoms with Gasteiger partial charge in [0, 0.05) is 0 Å². The van der Waals surface area contributed by atoms with E-state index in [-0.39, 0.29) is 17.4 Å². The Morgan fingerprint density at radius 3 is 2.75 bits per heavy atom. The van der Waals surface area contributed by atoms with Crippen LogP contribution in [0.3, 0.4) is 0 Å². The second kappa shape index (κ2) is 5.85. The second-order valence-corrected chi connectivity index (χ2v) is 4.84. The minimum atomic E-state index is -0.542. The molecule has 0 aliphatic rings. The Morgan fingerprint density at radius 2 is 2.15 bits per heavy atom. The number of benzene rings is 1. The van der Waals surface area contributed by atoms with E-state index in [1.54, 1.807) is 6.07 Å².